The lowest BCUT2D eigenvalue weighted by Crippen LogP contribution is -2.38. The van der Waals surface area contributed by atoms with E-state index < -0.39 is 0 Å². The number of thiophene rings is 1. The summed E-state index contributed by atoms with van der Waals surface area (Å²) in [7, 11) is 0. The first-order chi connectivity index (χ1) is 13.0. The number of aromatic nitrogens is 2. The van der Waals surface area contributed by atoms with Crippen LogP contribution in [0.2, 0.25) is 0 Å². The molecule has 7 nitrogen and oxygen atoms in total. The molecule has 1 aliphatic heterocycles. The Morgan fingerprint density at radius 3 is 2.93 bits per heavy atom. The second-order valence-electron chi connectivity index (χ2n) is 6.35. The zero-order valence-electron chi connectivity index (χ0n) is 14.7. The molecule has 2 aromatic rings. The Morgan fingerprint density at radius 1 is 1.30 bits per heavy atom. The second kappa shape index (κ2) is 7.76. The van der Waals surface area contributed by atoms with Crippen molar-refractivity contribution < 1.29 is 14.4 Å². The average Bonchev–Trinajstić information content (AvgIpc) is 3.29. The minimum Gasteiger partial charge on any atom is -0.354 e. The van der Waals surface area contributed by atoms with Crippen LogP contribution in [0, 0.1) is 6.92 Å². The van der Waals surface area contributed by atoms with E-state index in [0.717, 1.165) is 39.8 Å². The van der Waals surface area contributed by atoms with Crippen LogP contribution in [0.5, 0.6) is 0 Å². The van der Waals surface area contributed by atoms with Crippen molar-refractivity contribution in [1.82, 2.24) is 20.2 Å². The van der Waals surface area contributed by atoms with Crippen LogP contribution in [0.4, 0.5) is 4.79 Å². The van der Waals surface area contributed by atoms with Gasteiger partial charge in [0.2, 0.25) is 11.8 Å². The number of hydrogen-bond acceptors (Lipinski definition) is 8. The molecule has 0 atom stereocenters. The van der Waals surface area contributed by atoms with Gasteiger partial charge in [-0.15, -0.1) is 11.3 Å². The lowest BCUT2D eigenvalue weighted by Gasteiger charge is -2.13. The zero-order chi connectivity index (χ0) is 19.0. The number of amides is 3. The van der Waals surface area contributed by atoms with E-state index in [0.29, 0.717) is 5.82 Å². The molecule has 1 fully saturated rings. The summed E-state index contributed by atoms with van der Waals surface area (Å²) < 4.78 is 0. The summed E-state index contributed by atoms with van der Waals surface area (Å²) in [4.78, 5) is 48.0. The van der Waals surface area contributed by atoms with Crippen LogP contribution >= 0.6 is 34.9 Å². The van der Waals surface area contributed by atoms with Gasteiger partial charge in [-0.25, -0.2) is 9.97 Å². The smallest absolute Gasteiger partial charge is 0.288 e. The van der Waals surface area contributed by atoms with E-state index in [1.807, 2.05) is 6.92 Å². The van der Waals surface area contributed by atoms with Crippen LogP contribution in [-0.2, 0) is 22.4 Å². The third kappa shape index (κ3) is 3.83. The Kier molecular flexibility index (Phi) is 5.38. The quantitative estimate of drug-likeness (QED) is 0.564. The van der Waals surface area contributed by atoms with Crippen molar-refractivity contribution >= 4 is 62.1 Å². The van der Waals surface area contributed by atoms with Crippen LogP contribution < -0.4 is 5.32 Å². The summed E-state index contributed by atoms with van der Waals surface area (Å²) in [6, 6.07) is 0. The Morgan fingerprint density at radius 2 is 2.15 bits per heavy atom. The Hall–Kier alpha value is -1.65. The minimum absolute atomic E-state index is 0.136. The second-order valence-corrected chi connectivity index (χ2v) is 9.33. The molecule has 0 bridgehead atoms. The number of imide groups is 1. The predicted molar refractivity (Wildman–Crippen MR) is 107 cm³/mol. The summed E-state index contributed by atoms with van der Waals surface area (Å²) >= 11 is 4.16. The fraction of sp³-hybridized carbons (Fsp3) is 0.471. The highest BCUT2D eigenvalue weighted by Gasteiger charge is 2.29. The molecule has 4 rings (SSSR count). The number of hydrogen-bond donors (Lipinski definition) is 1. The highest BCUT2D eigenvalue weighted by molar-refractivity contribution is 8.14. The molecule has 0 spiro atoms. The van der Waals surface area contributed by atoms with E-state index in [1.165, 1.54) is 33.5 Å². The largest absolute Gasteiger partial charge is 0.354 e. The van der Waals surface area contributed by atoms with Gasteiger partial charge in [0.15, 0.2) is 0 Å². The van der Waals surface area contributed by atoms with Crippen LogP contribution in [0.3, 0.4) is 0 Å². The summed E-state index contributed by atoms with van der Waals surface area (Å²) in [5, 5.41) is 4.51. The van der Waals surface area contributed by atoms with Crippen LogP contribution in [0.25, 0.3) is 10.2 Å². The maximum absolute atomic E-state index is 12.2. The molecule has 0 aromatic carbocycles. The van der Waals surface area contributed by atoms with Crippen molar-refractivity contribution in [3.63, 3.8) is 0 Å². The molecular weight excluding hydrogens is 404 g/mol. The molecule has 0 radical (unpaired) electrons. The van der Waals surface area contributed by atoms with Crippen molar-refractivity contribution in [2.45, 2.75) is 31.2 Å². The third-order valence-corrected chi connectivity index (χ3v) is 7.50. The van der Waals surface area contributed by atoms with Crippen LogP contribution in [0.15, 0.2) is 5.03 Å². The summed E-state index contributed by atoms with van der Waals surface area (Å²) in [6.07, 6.45) is 3.32. The first kappa shape index (κ1) is 18.7. The predicted octanol–water partition coefficient (Wildman–Crippen LogP) is 2.39. The number of rotatable bonds is 6. The standard InChI is InChI=1S/C17H18N4O3S3/c1-9-19-15(14-10-3-2-4-11(10)27-16(14)20-9)25-7-12(22)18-5-6-21-13(23)8-26-17(21)24/h2-8H2,1H3,(H,18,22). The van der Waals surface area contributed by atoms with Gasteiger partial charge in [-0.2, -0.15) is 0 Å². The molecule has 10 heteroatoms. The monoisotopic (exact) mass is 422 g/mol. The molecule has 0 unspecified atom stereocenters. The van der Waals surface area contributed by atoms with Gasteiger partial charge in [-0.3, -0.25) is 19.3 Å². The number of fused-ring (bicyclic) bond motifs is 3. The number of carbonyl (C=O) groups excluding carboxylic acids is 3. The number of carbonyl (C=O) groups is 3. The molecule has 3 amide bonds. The molecule has 2 aliphatic rings. The summed E-state index contributed by atoms with van der Waals surface area (Å²) in [6.45, 7) is 2.36. The molecule has 142 valence electrons. The number of nitrogens with one attached hydrogen (secondary N) is 1. The molecule has 1 saturated heterocycles. The zero-order valence-corrected chi connectivity index (χ0v) is 17.2. The SMILES string of the molecule is Cc1nc(SCC(=O)NCCN2C(=O)CSC2=O)c2c3c(sc2n1)CCC3. The van der Waals surface area contributed by atoms with Crippen LogP contribution in [0.1, 0.15) is 22.7 Å². The van der Waals surface area contributed by atoms with Crippen LogP contribution in [-0.4, -0.2) is 56.5 Å². The van der Waals surface area contributed by atoms with Gasteiger partial charge in [0.05, 0.1) is 11.5 Å². The minimum atomic E-state index is -0.242. The highest BCUT2D eigenvalue weighted by Crippen LogP contribution is 2.40. The molecule has 0 saturated carbocycles. The fourth-order valence-electron chi connectivity index (χ4n) is 3.26. The van der Waals surface area contributed by atoms with Gasteiger partial charge >= 0.3 is 0 Å². The normalized spacial score (nSPS) is 16.4. The van der Waals surface area contributed by atoms with E-state index in [9.17, 15) is 14.4 Å². The van der Waals surface area contributed by atoms with Gasteiger partial charge in [0, 0.05) is 23.4 Å². The van der Waals surface area contributed by atoms with Gasteiger partial charge in [-0.1, -0.05) is 23.5 Å². The Bertz CT molecular complexity index is 927. The summed E-state index contributed by atoms with van der Waals surface area (Å²) in [5.41, 5.74) is 1.35. The van der Waals surface area contributed by atoms with Gasteiger partial charge in [-0.05, 0) is 31.7 Å². The van der Waals surface area contributed by atoms with Crippen molar-refractivity contribution in [3.8, 4) is 0 Å². The highest BCUT2D eigenvalue weighted by atomic mass is 32.2. The lowest BCUT2D eigenvalue weighted by molar-refractivity contribution is -0.125. The van der Waals surface area contributed by atoms with Crippen molar-refractivity contribution in [1.29, 1.82) is 0 Å². The van der Waals surface area contributed by atoms with E-state index in [2.05, 4.69) is 15.3 Å². The van der Waals surface area contributed by atoms with E-state index in [1.54, 1.807) is 11.3 Å². The summed E-state index contributed by atoms with van der Waals surface area (Å²) in [5.74, 6) is 0.819. The van der Waals surface area contributed by atoms with E-state index in [4.69, 9.17) is 0 Å². The maximum Gasteiger partial charge on any atom is 0.288 e. The topological polar surface area (TPSA) is 92.3 Å². The molecular formula is C17H18N4O3S3. The Balaban J connectivity index is 1.36. The molecule has 2 aromatic heterocycles. The van der Waals surface area contributed by atoms with Gasteiger partial charge < -0.3 is 5.32 Å². The van der Waals surface area contributed by atoms with Crippen molar-refractivity contribution in [3.05, 3.63) is 16.3 Å². The number of nitrogens with zero attached hydrogens (tertiary/aromatic N) is 3. The Labute approximate surface area is 168 Å². The number of thioether (sulfide) groups is 2. The molecule has 1 aliphatic carbocycles. The fourth-order valence-corrected chi connectivity index (χ4v) is 6.31. The molecule has 27 heavy (non-hydrogen) atoms. The molecule has 3 heterocycles. The third-order valence-electron chi connectivity index (χ3n) is 4.48. The van der Waals surface area contributed by atoms with Gasteiger partial charge in [0.1, 0.15) is 15.7 Å². The first-order valence-electron chi connectivity index (χ1n) is 8.68. The maximum atomic E-state index is 12.2. The van der Waals surface area contributed by atoms with E-state index >= 15 is 0 Å². The first-order valence-corrected chi connectivity index (χ1v) is 11.5. The van der Waals surface area contributed by atoms with Gasteiger partial charge in [0.25, 0.3) is 5.24 Å². The number of aryl methyl sites for hydroxylation is 3. The van der Waals surface area contributed by atoms with Crippen molar-refractivity contribution in [2.75, 3.05) is 24.6 Å². The lowest BCUT2D eigenvalue weighted by atomic mass is 10.2. The molecule has 1 N–H and O–H groups in total. The average molecular weight is 423 g/mol. The van der Waals surface area contributed by atoms with E-state index in [-0.39, 0.29) is 41.6 Å². The van der Waals surface area contributed by atoms with Crippen molar-refractivity contribution in [2.24, 2.45) is 0 Å².